The maximum atomic E-state index is 12.5. The van der Waals surface area contributed by atoms with Crippen molar-refractivity contribution in [2.45, 2.75) is 6.54 Å². The van der Waals surface area contributed by atoms with Gasteiger partial charge in [-0.15, -0.1) is 22.7 Å². The number of nitrogens with zero attached hydrogens (tertiary/aromatic N) is 1. The third kappa shape index (κ3) is 3.87. The van der Waals surface area contributed by atoms with E-state index >= 15 is 0 Å². The van der Waals surface area contributed by atoms with Gasteiger partial charge in [0.25, 0.3) is 11.8 Å². The fourth-order valence-corrected chi connectivity index (χ4v) is 4.07. The highest BCUT2D eigenvalue weighted by Gasteiger charge is 2.17. The molecule has 0 spiro atoms. The summed E-state index contributed by atoms with van der Waals surface area (Å²) in [5, 5.41) is 3.30. The molecule has 3 rings (SSSR count). The molecule has 8 heteroatoms. The molecule has 1 N–H and O–H groups in total. The van der Waals surface area contributed by atoms with Gasteiger partial charge in [0.1, 0.15) is 0 Å². The summed E-state index contributed by atoms with van der Waals surface area (Å²) in [6, 6.07) is 10.3. The second-order valence-electron chi connectivity index (χ2n) is 4.96. The number of carbonyl (C=O) groups is 2. The molecule has 3 aromatic heterocycles. The van der Waals surface area contributed by atoms with Crippen LogP contribution in [0.5, 0.6) is 0 Å². The van der Waals surface area contributed by atoms with Crippen LogP contribution < -0.4 is 5.32 Å². The lowest BCUT2D eigenvalue weighted by molar-refractivity contribution is 0.0791. The standard InChI is InChI=1S/C16H13ClN2O3S2/c1-19(9-10-4-6-13(17)23-10)16(21)12-5-7-14(24-12)18-15(20)11-3-2-8-22-11/h2-8H,9H2,1H3,(H,18,20). The first-order valence-corrected chi connectivity index (χ1v) is 8.98. The van der Waals surface area contributed by atoms with Gasteiger partial charge >= 0.3 is 0 Å². The number of anilines is 1. The van der Waals surface area contributed by atoms with Crippen molar-refractivity contribution in [1.29, 1.82) is 0 Å². The summed E-state index contributed by atoms with van der Waals surface area (Å²) < 4.78 is 5.74. The first-order chi connectivity index (χ1) is 11.5. The molecule has 0 aromatic carbocycles. The highest BCUT2D eigenvalue weighted by Crippen LogP contribution is 2.26. The fourth-order valence-electron chi connectivity index (χ4n) is 2.03. The van der Waals surface area contributed by atoms with Gasteiger partial charge in [-0.3, -0.25) is 9.59 Å². The third-order valence-electron chi connectivity index (χ3n) is 3.17. The van der Waals surface area contributed by atoms with Gasteiger partial charge in [0.15, 0.2) is 5.76 Å². The van der Waals surface area contributed by atoms with Crippen molar-refractivity contribution >= 4 is 51.1 Å². The van der Waals surface area contributed by atoms with Gasteiger partial charge in [0, 0.05) is 11.9 Å². The second kappa shape index (κ2) is 7.21. The van der Waals surface area contributed by atoms with Gasteiger partial charge in [-0.1, -0.05) is 11.6 Å². The van der Waals surface area contributed by atoms with Gasteiger partial charge in [-0.05, 0) is 36.4 Å². The van der Waals surface area contributed by atoms with E-state index in [0.717, 1.165) is 4.88 Å². The van der Waals surface area contributed by atoms with Gasteiger partial charge in [-0.25, -0.2) is 0 Å². The van der Waals surface area contributed by atoms with Crippen molar-refractivity contribution in [2.75, 3.05) is 12.4 Å². The minimum absolute atomic E-state index is 0.108. The van der Waals surface area contributed by atoms with E-state index in [4.69, 9.17) is 16.0 Å². The summed E-state index contributed by atoms with van der Waals surface area (Å²) in [4.78, 5) is 27.6. The predicted octanol–water partition coefficient (Wildman–Crippen LogP) is 4.58. The first-order valence-electron chi connectivity index (χ1n) is 6.97. The average molecular weight is 381 g/mol. The van der Waals surface area contributed by atoms with Crippen LogP contribution in [0.4, 0.5) is 5.00 Å². The van der Waals surface area contributed by atoms with Gasteiger partial charge < -0.3 is 14.6 Å². The molecule has 3 aromatic rings. The molecule has 0 fully saturated rings. The number of thiophene rings is 2. The minimum atomic E-state index is -0.345. The van der Waals surface area contributed by atoms with Crippen LogP contribution in [0.2, 0.25) is 4.34 Å². The summed E-state index contributed by atoms with van der Waals surface area (Å²) in [6.45, 7) is 0.488. The maximum Gasteiger partial charge on any atom is 0.291 e. The molecule has 0 atom stereocenters. The molecule has 0 saturated carbocycles. The van der Waals surface area contributed by atoms with Gasteiger partial charge in [0.2, 0.25) is 0 Å². The van der Waals surface area contributed by atoms with Crippen molar-refractivity contribution in [2.24, 2.45) is 0 Å². The molecule has 24 heavy (non-hydrogen) atoms. The monoisotopic (exact) mass is 380 g/mol. The number of rotatable bonds is 5. The molecule has 0 saturated heterocycles. The lowest BCUT2D eigenvalue weighted by atomic mass is 10.3. The number of carbonyl (C=O) groups excluding carboxylic acids is 2. The molecule has 0 aliphatic rings. The van der Waals surface area contributed by atoms with Crippen molar-refractivity contribution in [3.05, 3.63) is 62.5 Å². The van der Waals surface area contributed by atoms with Crippen LogP contribution in [0.3, 0.4) is 0 Å². The maximum absolute atomic E-state index is 12.5. The molecule has 5 nitrogen and oxygen atoms in total. The average Bonchev–Trinajstić information content (AvgIpc) is 3.28. The van der Waals surface area contributed by atoms with E-state index in [1.54, 1.807) is 36.2 Å². The Hall–Kier alpha value is -2.09. The molecule has 0 aliphatic carbocycles. The van der Waals surface area contributed by atoms with Gasteiger partial charge in [-0.2, -0.15) is 0 Å². The Bertz CT molecular complexity index is 854. The smallest absolute Gasteiger partial charge is 0.291 e. The van der Waals surface area contributed by atoms with E-state index in [9.17, 15) is 9.59 Å². The van der Waals surface area contributed by atoms with Crippen LogP contribution in [0.1, 0.15) is 25.1 Å². The molecule has 0 aliphatic heterocycles. The Morgan fingerprint density at radius 2 is 2.04 bits per heavy atom. The molecule has 3 heterocycles. The molecule has 0 bridgehead atoms. The molecule has 124 valence electrons. The number of hydrogen-bond acceptors (Lipinski definition) is 5. The summed E-state index contributed by atoms with van der Waals surface area (Å²) in [7, 11) is 1.73. The quantitative estimate of drug-likeness (QED) is 0.704. The molecule has 2 amide bonds. The zero-order valence-electron chi connectivity index (χ0n) is 12.6. The summed E-state index contributed by atoms with van der Waals surface area (Å²) in [6.07, 6.45) is 1.43. The fraction of sp³-hybridized carbons (Fsp3) is 0.125. The van der Waals surface area contributed by atoms with Gasteiger partial charge in [0.05, 0.1) is 27.0 Å². The summed E-state index contributed by atoms with van der Waals surface area (Å²) in [5.74, 6) is -0.228. The summed E-state index contributed by atoms with van der Waals surface area (Å²) in [5.41, 5.74) is 0. The van der Waals surface area contributed by atoms with E-state index < -0.39 is 0 Å². The molecular formula is C16H13ClN2O3S2. The van der Waals surface area contributed by atoms with Crippen molar-refractivity contribution in [1.82, 2.24) is 4.90 Å². The number of halogens is 1. The van der Waals surface area contributed by atoms with E-state index in [2.05, 4.69) is 5.32 Å². The lowest BCUT2D eigenvalue weighted by Gasteiger charge is -2.14. The van der Waals surface area contributed by atoms with Crippen LogP contribution in [0.25, 0.3) is 0 Å². The lowest BCUT2D eigenvalue weighted by Crippen LogP contribution is -2.24. The van der Waals surface area contributed by atoms with Crippen molar-refractivity contribution in [3.63, 3.8) is 0 Å². The van der Waals surface area contributed by atoms with E-state index in [1.165, 1.54) is 28.9 Å². The Labute approximate surface area is 151 Å². The van der Waals surface area contributed by atoms with E-state index in [1.807, 2.05) is 12.1 Å². The van der Waals surface area contributed by atoms with Crippen LogP contribution in [0, 0.1) is 0 Å². The van der Waals surface area contributed by atoms with Crippen LogP contribution in [-0.4, -0.2) is 23.8 Å². The van der Waals surface area contributed by atoms with E-state index in [0.29, 0.717) is 20.8 Å². The zero-order chi connectivity index (χ0) is 17.1. The molecule has 0 radical (unpaired) electrons. The normalized spacial score (nSPS) is 10.6. The van der Waals surface area contributed by atoms with Crippen LogP contribution in [-0.2, 0) is 6.54 Å². The highest BCUT2D eigenvalue weighted by atomic mass is 35.5. The van der Waals surface area contributed by atoms with Crippen molar-refractivity contribution in [3.8, 4) is 0 Å². The topological polar surface area (TPSA) is 62.6 Å². The van der Waals surface area contributed by atoms with Crippen LogP contribution >= 0.6 is 34.3 Å². The Morgan fingerprint density at radius 1 is 1.21 bits per heavy atom. The molecule has 0 unspecified atom stereocenters. The SMILES string of the molecule is CN(Cc1ccc(Cl)s1)C(=O)c1ccc(NC(=O)c2ccco2)s1. The minimum Gasteiger partial charge on any atom is -0.459 e. The number of furan rings is 1. The van der Waals surface area contributed by atoms with Crippen molar-refractivity contribution < 1.29 is 14.0 Å². The zero-order valence-corrected chi connectivity index (χ0v) is 15.0. The highest BCUT2D eigenvalue weighted by molar-refractivity contribution is 7.18. The Morgan fingerprint density at radius 3 is 2.71 bits per heavy atom. The van der Waals surface area contributed by atoms with E-state index in [-0.39, 0.29) is 17.6 Å². The largest absolute Gasteiger partial charge is 0.459 e. The Kier molecular flexibility index (Phi) is 5.03. The first kappa shape index (κ1) is 16.8. The predicted molar refractivity (Wildman–Crippen MR) is 96.1 cm³/mol. The number of hydrogen-bond donors (Lipinski definition) is 1. The van der Waals surface area contributed by atoms with Crippen LogP contribution in [0.15, 0.2) is 47.1 Å². The summed E-state index contributed by atoms with van der Waals surface area (Å²) >= 11 is 8.58. The number of nitrogens with one attached hydrogen (secondary N) is 1. The molecular weight excluding hydrogens is 368 g/mol. The number of amides is 2. The third-order valence-corrected chi connectivity index (χ3v) is 5.37. The Balaban J connectivity index is 1.63. The second-order valence-corrected chi connectivity index (χ2v) is 7.85.